The fraction of sp³-hybridized carbons (Fsp3) is 0.273. The summed E-state index contributed by atoms with van der Waals surface area (Å²) in [5.41, 5.74) is 0.643. The van der Waals surface area contributed by atoms with Crippen molar-refractivity contribution in [2.75, 3.05) is 13.6 Å². The molecule has 0 bridgehead atoms. The summed E-state index contributed by atoms with van der Waals surface area (Å²) in [6, 6.07) is 5.42. The van der Waals surface area contributed by atoms with E-state index < -0.39 is 6.36 Å². The molecule has 0 aliphatic carbocycles. The molecule has 1 rings (SSSR count). The molecule has 0 aliphatic rings. The van der Waals surface area contributed by atoms with Crippen molar-refractivity contribution in [1.82, 2.24) is 5.32 Å². The topological polar surface area (TPSA) is 21.3 Å². The minimum absolute atomic E-state index is 0.244. The first-order chi connectivity index (χ1) is 7.51. The number of alkyl halides is 3. The molecule has 2 nitrogen and oxygen atoms in total. The summed E-state index contributed by atoms with van der Waals surface area (Å²) >= 11 is 0. The fourth-order valence-electron chi connectivity index (χ4n) is 0.975. The summed E-state index contributed by atoms with van der Waals surface area (Å²) in [4.78, 5) is 0. The molecule has 0 unspecified atom stereocenters. The molecule has 16 heavy (non-hydrogen) atoms. The van der Waals surface area contributed by atoms with Crippen LogP contribution in [0.2, 0.25) is 0 Å². The predicted molar refractivity (Wildman–Crippen MR) is 53.9 cm³/mol. The minimum Gasteiger partial charge on any atom is -0.406 e. The third-order valence-corrected chi connectivity index (χ3v) is 1.59. The van der Waals surface area contributed by atoms with Crippen LogP contribution < -0.4 is 10.1 Å². The van der Waals surface area contributed by atoms with Gasteiger partial charge in [-0.2, -0.15) is 0 Å². The van der Waals surface area contributed by atoms with E-state index in [1.165, 1.54) is 24.3 Å². The van der Waals surface area contributed by atoms with Gasteiger partial charge in [0.25, 0.3) is 0 Å². The second-order valence-electron chi connectivity index (χ2n) is 2.90. The third-order valence-electron chi connectivity index (χ3n) is 1.59. The van der Waals surface area contributed by atoms with Gasteiger partial charge in [0, 0.05) is 5.56 Å². The number of hydrogen-bond acceptors (Lipinski definition) is 2. The average molecular weight is 229 g/mol. The van der Waals surface area contributed by atoms with E-state index in [9.17, 15) is 13.2 Å². The Labute approximate surface area is 91.4 Å². The fourth-order valence-corrected chi connectivity index (χ4v) is 0.975. The Hall–Kier alpha value is -1.67. The molecule has 0 heterocycles. The minimum atomic E-state index is -4.65. The van der Waals surface area contributed by atoms with E-state index in [0.717, 1.165) is 0 Å². The lowest BCUT2D eigenvalue weighted by atomic mass is 10.2. The molecule has 0 aromatic heterocycles. The van der Waals surface area contributed by atoms with Crippen molar-refractivity contribution < 1.29 is 17.9 Å². The summed E-state index contributed by atoms with van der Waals surface area (Å²) < 4.78 is 39.2. The largest absolute Gasteiger partial charge is 0.573 e. The van der Waals surface area contributed by atoms with Crippen LogP contribution in [0.25, 0.3) is 0 Å². The van der Waals surface area contributed by atoms with Crippen molar-refractivity contribution in [3.8, 4) is 17.6 Å². The maximum Gasteiger partial charge on any atom is 0.573 e. The van der Waals surface area contributed by atoms with Crippen LogP contribution in [0.4, 0.5) is 13.2 Å². The van der Waals surface area contributed by atoms with Crippen molar-refractivity contribution in [3.63, 3.8) is 0 Å². The van der Waals surface area contributed by atoms with E-state index >= 15 is 0 Å². The maximum atomic E-state index is 11.8. The lowest BCUT2D eigenvalue weighted by Crippen LogP contribution is -2.16. The molecular weight excluding hydrogens is 219 g/mol. The average Bonchev–Trinajstić information content (AvgIpc) is 2.19. The van der Waals surface area contributed by atoms with E-state index in [4.69, 9.17) is 0 Å². The van der Waals surface area contributed by atoms with Crippen LogP contribution in [0.15, 0.2) is 24.3 Å². The van der Waals surface area contributed by atoms with Gasteiger partial charge in [-0.05, 0) is 31.3 Å². The summed E-state index contributed by atoms with van der Waals surface area (Å²) in [7, 11) is 1.76. The third kappa shape index (κ3) is 4.71. The Kier molecular flexibility index (Phi) is 4.20. The highest BCUT2D eigenvalue weighted by Crippen LogP contribution is 2.22. The van der Waals surface area contributed by atoms with Gasteiger partial charge in [-0.25, -0.2) is 0 Å². The van der Waals surface area contributed by atoms with E-state index in [1.54, 1.807) is 7.05 Å². The van der Waals surface area contributed by atoms with Crippen LogP contribution in [0.1, 0.15) is 5.56 Å². The van der Waals surface area contributed by atoms with Gasteiger partial charge < -0.3 is 10.1 Å². The zero-order valence-electron chi connectivity index (χ0n) is 8.56. The molecule has 0 atom stereocenters. The Morgan fingerprint density at radius 1 is 1.25 bits per heavy atom. The van der Waals surface area contributed by atoms with Crippen LogP contribution in [0.5, 0.6) is 5.75 Å². The lowest BCUT2D eigenvalue weighted by molar-refractivity contribution is -0.274. The van der Waals surface area contributed by atoms with Gasteiger partial charge in [0.2, 0.25) is 0 Å². The molecule has 1 N–H and O–H groups in total. The summed E-state index contributed by atoms with van der Waals surface area (Å²) in [6.45, 7) is 0.529. The van der Waals surface area contributed by atoms with Crippen molar-refractivity contribution in [2.45, 2.75) is 6.36 Å². The maximum absolute atomic E-state index is 11.8. The Balaban J connectivity index is 2.66. The molecular formula is C11H10F3NO. The van der Waals surface area contributed by atoms with Crippen molar-refractivity contribution in [2.24, 2.45) is 0 Å². The van der Waals surface area contributed by atoms with E-state index in [-0.39, 0.29) is 5.75 Å². The van der Waals surface area contributed by atoms with E-state index in [1.807, 2.05) is 0 Å². The van der Waals surface area contributed by atoms with Crippen LogP contribution in [-0.2, 0) is 0 Å². The summed E-state index contributed by atoms with van der Waals surface area (Å²) in [5, 5.41) is 2.83. The van der Waals surface area contributed by atoms with Crippen LogP contribution >= 0.6 is 0 Å². The van der Waals surface area contributed by atoms with Crippen LogP contribution in [0, 0.1) is 11.8 Å². The molecule has 0 fully saturated rings. The number of rotatable bonds is 2. The Morgan fingerprint density at radius 2 is 1.88 bits per heavy atom. The highest BCUT2D eigenvalue weighted by Gasteiger charge is 2.30. The van der Waals surface area contributed by atoms with Gasteiger partial charge in [-0.3, -0.25) is 0 Å². The van der Waals surface area contributed by atoms with Crippen molar-refractivity contribution in [3.05, 3.63) is 29.8 Å². The highest BCUT2D eigenvalue weighted by molar-refractivity contribution is 5.38. The van der Waals surface area contributed by atoms with E-state index in [2.05, 4.69) is 21.9 Å². The van der Waals surface area contributed by atoms with Gasteiger partial charge in [0.1, 0.15) is 5.75 Å². The van der Waals surface area contributed by atoms with E-state index in [0.29, 0.717) is 12.1 Å². The number of hydrogen-bond donors (Lipinski definition) is 1. The molecule has 0 spiro atoms. The Morgan fingerprint density at radius 3 is 2.38 bits per heavy atom. The first-order valence-corrected chi connectivity index (χ1v) is 4.50. The monoisotopic (exact) mass is 229 g/mol. The molecule has 1 aromatic rings. The Bertz CT molecular complexity index is 386. The van der Waals surface area contributed by atoms with Crippen LogP contribution in [0.3, 0.4) is 0 Å². The summed E-state index contributed by atoms with van der Waals surface area (Å²) in [5.74, 6) is 5.34. The zero-order chi connectivity index (χ0) is 12.0. The molecule has 0 radical (unpaired) electrons. The van der Waals surface area contributed by atoms with Gasteiger partial charge >= 0.3 is 6.36 Å². The molecule has 1 aromatic carbocycles. The first kappa shape index (κ1) is 12.4. The normalized spacial score (nSPS) is 10.5. The predicted octanol–water partition coefficient (Wildman–Crippen LogP) is 2.16. The van der Waals surface area contributed by atoms with Gasteiger partial charge in [0.15, 0.2) is 0 Å². The quantitative estimate of drug-likeness (QED) is 0.784. The van der Waals surface area contributed by atoms with Gasteiger partial charge in [-0.1, -0.05) is 11.8 Å². The SMILES string of the molecule is CNCC#Cc1ccc(OC(F)(F)F)cc1. The highest BCUT2D eigenvalue weighted by atomic mass is 19.4. The van der Waals surface area contributed by atoms with Crippen LogP contribution in [-0.4, -0.2) is 20.0 Å². The molecule has 0 amide bonds. The molecule has 0 saturated carbocycles. The number of halogens is 3. The molecule has 86 valence electrons. The number of benzene rings is 1. The second-order valence-corrected chi connectivity index (χ2v) is 2.90. The van der Waals surface area contributed by atoms with Crippen molar-refractivity contribution in [1.29, 1.82) is 0 Å². The number of ether oxygens (including phenoxy) is 1. The smallest absolute Gasteiger partial charge is 0.406 e. The van der Waals surface area contributed by atoms with Crippen molar-refractivity contribution >= 4 is 0 Å². The second kappa shape index (κ2) is 5.42. The summed E-state index contributed by atoms with van der Waals surface area (Å²) in [6.07, 6.45) is -4.65. The lowest BCUT2D eigenvalue weighted by Gasteiger charge is -2.07. The molecule has 0 saturated heterocycles. The zero-order valence-corrected chi connectivity index (χ0v) is 8.56. The van der Waals surface area contributed by atoms with Gasteiger partial charge in [-0.15, -0.1) is 13.2 Å². The molecule has 5 heteroatoms. The first-order valence-electron chi connectivity index (χ1n) is 4.50. The molecule has 0 aliphatic heterocycles. The van der Waals surface area contributed by atoms with Gasteiger partial charge in [0.05, 0.1) is 6.54 Å². The standard InChI is InChI=1S/C11H10F3NO/c1-15-8-2-3-9-4-6-10(7-5-9)16-11(12,13)14/h4-7,15H,8H2,1H3. The number of nitrogens with one attached hydrogen (secondary N) is 1.